The molecule has 1 rings (SSSR count). The summed E-state index contributed by atoms with van der Waals surface area (Å²) in [7, 11) is -3.61. The van der Waals surface area contributed by atoms with Crippen LogP contribution in [0.15, 0.2) is 29.2 Å². The summed E-state index contributed by atoms with van der Waals surface area (Å²) in [6.45, 7) is 1.78. The third-order valence-electron chi connectivity index (χ3n) is 2.05. The van der Waals surface area contributed by atoms with E-state index in [9.17, 15) is 13.2 Å². The highest BCUT2D eigenvalue weighted by Crippen LogP contribution is 2.14. The Labute approximate surface area is 117 Å². The van der Waals surface area contributed by atoms with Gasteiger partial charge in [-0.25, -0.2) is 13.1 Å². The molecule has 0 heterocycles. The molecule has 2 N–H and O–H groups in total. The van der Waals surface area contributed by atoms with Crippen molar-refractivity contribution in [3.8, 4) is 11.8 Å². The van der Waals surface area contributed by atoms with E-state index >= 15 is 0 Å². The van der Waals surface area contributed by atoms with Crippen LogP contribution in [0.2, 0.25) is 5.02 Å². The SMILES string of the molecule is CC#CC(=O)NCCNS(=O)(=O)c1cccc(Cl)c1. The number of amides is 1. The molecule has 0 bridgehead atoms. The van der Waals surface area contributed by atoms with E-state index < -0.39 is 15.9 Å². The summed E-state index contributed by atoms with van der Waals surface area (Å²) in [4.78, 5) is 11.1. The zero-order valence-electron chi connectivity index (χ0n) is 10.2. The highest BCUT2D eigenvalue weighted by Gasteiger charge is 2.13. The van der Waals surface area contributed by atoms with Crippen molar-refractivity contribution in [3.05, 3.63) is 29.3 Å². The van der Waals surface area contributed by atoms with Gasteiger partial charge in [0, 0.05) is 18.1 Å². The molecule has 0 atom stereocenters. The molecule has 0 aliphatic carbocycles. The molecule has 0 fully saturated rings. The van der Waals surface area contributed by atoms with Crippen LogP contribution in [0.1, 0.15) is 6.92 Å². The lowest BCUT2D eigenvalue weighted by Crippen LogP contribution is -2.34. The summed E-state index contributed by atoms with van der Waals surface area (Å²) in [6.07, 6.45) is 0. The number of sulfonamides is 1. The first-order valence-electron chi connectivity index (χ1n) is 5.41. The maximum Gasteiger partial charge on any atom is 0.295 e. The zero-order valence-corrected chi connectivity index (χ0v) is 11.8. The predicted molar refractivity (Wildman–Crippen MR) is 73.1 cm³/mol. The first-order chi connectivity index (χ1) is 8.95. The number of rotatable bonds is 5. The normalized spacial score (nSPS) is 10.4. The van der Waals surface area contributed by atoms with Crippen molar-refractivity contribution in [3.63, 3.8) is 0 Å². The van der Waals surface area contributed by atoms with Gasteiger partial charge in [-0.3, -0.25) is 4.79 Å². The van der Waals surface area contributed by atoms with Crippen molar-refractivity contribution in [2.45, 2.75) is 11.8 Å². The third-order valence-corrected chi connectivity index (χ3v) is 3.74. The fourth-order valence-corrected chi connectivity index (χ4v) is 2.57. The molecule has 5 nitrogen and oxygen atoms in total. The van der Waals surface area contributed by atoms with Crippen molar-refractivity contribution >= 4 is 27.5 Å². The van der Waals surface area contributed by atoms with Crippen LogP contribution >= 0.6 is 11.6 Å². The van der Waals surface area contributed by atoms with Gasteiger partial charge in [-0.15, -0.1) is 0 Å². The fraction of sp³-hybridized carbons (Fsp3) is 0.250. The van der Waals surface area contributed by atoms with Gasteiger partial charge in [-0.1, -0.05) is 23.6 Å². The molecule has 1 aromatic rings. The van der Waals surface area contributed by atoms with Crippen molar-refractivity contribution in [1.82, 2.24) is 10.0 Å². The van der Waals surface area contributed by atoms with E-state index in [4.69, 9.17) is 11.6 Å². The Hall–Kier alpha value is -1.55. The Morgan fingerprint density at radius 2 is 2.11 bits per heavy atom. The highest BCUT2D eigenvalue weighted by molar-refractivity contribution is 7.89. The molecule has 0 aliphatic rings. The van der Waals surface area contributed by atoms with Crippen molar-refractivity contribution in [1.29, 1.82) is 0 Å². The fourth-order valence-electron chi connectivity index (χ4n) is 1.24. The van der Waals surface area contributed by atoms with Gasteiger partial charge < -0.3 is 5.32 Å². The summed E-state index contributed by atoms with van der Waals surface area (Å²) in [5.74, 6) is 4.29. The lowest BCUT2D eigenvalue weighted by molar-refractivity contribution is -0.115. The smallest absolute Gasteiger partial charge is 0.295 e. The molecule has 0 saturated heterocycles. The van der Waals surface area contributed by atoms with E-state index in [0.29, 0.717) is 5.02 Å². The monoisotopic (exact) mass is 300 g/mol. The van der Waals surface area contributed by atoms with E-state index in [1.54, 1.807) is 19.1 Å². The molecule has 1 aromatic carbocycles. The Morgan fingerprint density at radius 1 is 1.37 bits per heavy atom. The van der Waals surface area contributed by atoms with Gasteiger partial charge in [-0.05, 0) is 31.0 Å². The number of carbonyl (C=O) groups excluding carboxylic acids is 1. The summed E-state index contributed by atoms with van der Waals surface area (Å²) in [5, 5.41) is 2.80. The Morgan fingerprint density at radius 3 is 2.74 bits per heavy atom. The minimum atomic E-state index is -3.61. The topological polar surface area (TPSA) is 75.3 Å². The van der Waals surface area contributed by atoms with Crippen LogP contribution in [-0.4, -0.2) is 27.4 Å². The number of hydrogen-bond acceptors (Lipinski definition) is 3. The maximum absolute atomic E-state index is 11.8. The standard InChI is InChI=1S/C12H13ClN2O3S/c1-2-4-12(16)14-7-8-15-19(17,18)11-6-3-5-10(13)9-11/h3,5-6,9,15H,7-8H2,1H3,(H,14,16). The highest BCUT2D eigenvalue weighted by atomic mass is 35.5. The van der Waals surface area contributed by atoms with E-state index in [1.807, 2.05) is 0 Å². The molecule has 0 spiro atoms. The van der Waals surface area contributed by atoms with Gasteiger partial charge in [0.05, 0.1) is 4.90 Å². The number of carbonyl (C=O) groups is 1. The van der Waals surface area contributed by atoms with Crippen LogP contribution in [0.5, 0.6) is 0 Å². The van der Waals surface area contributed by atoms with Crippen molar-refractivity contribution in [2.24, 2.45) is 0 Å². The quantitative estimate of drug-likeness (QED) is 0.623. The first-order valence-corrected chi connectivity index (χ1v) is 7.27. The van der Waals surface area contributed by atoms with Crippen LogP contribution in [0.3, 0.4) is 0 Å². The average molecular weight is 301 g/mol. The van der Waals surface area contributed by atoms with Gasteiger partial charge in [0.15, 0.2) is 0 Å². The minimum Gasteiger partial charge on any atom is -0.344 e. The van der Waals surface area contributed by atoms with E-state index in [-0.39, 0.29) is 18.0 Å². The van der Waals surface area contributed by atoms with Crippen LogP contribution in [-0.2, 0) is 14.8 Å². The number of nitrogens with one attached hydrogen (secondary N) is 2. The van der Waals surface area contributed by atoms with Gasteiger partial charge in [0.2, 0.25) is 10.0 Å². The van der Waals surface area contributed by atoms with Gasteiger partial charge in [0.25, 0.3) is 5.91 Å². The molecule has 19 heavy (non-hydrogen) atoms. The number of halogens is 1. The third kappa shape index (κ3) is 5.30. The van der Waals surface area contributed by atoms with Crippen LogP contribution in [0.4, 0.5) is 0 Å². The molecule has 0 saturated carbocycles. The molecule has 102 valence electrons. The zero-order chi connectivity index (χ0) is 14.3. The molecular weight excluding hydrogens is 288 g/mol. The summed E-state index contributed by atoms with van der Waals surface area (Å²) in [6, 6.07) is 5.93. The van der Waals surface area contributed by atoms with Crippen molar-refractivity contribution in [2.75, 3.05) is 13.1 Å². The van der Waals surface area contributed by atoms with Gasteiger partial charge in [0.1, 0.15) is 0 Å². The molecule has 7 heteroatoms. The summed E-state index contributed by atoms with van der Waals surface area (Å²) < 4.78 is 26.0. The number of hydrogen-bond donors (Lipinski definition) is 2. The van der Waals surface area contributed by atoms with Gasteiger partial charge >= 0.3 is 0 Å². The van der Waals surface area contributed by atoms with E-state index in [0.717, 1.165) is 0 Å². The summed E-state index contributed by atoms with van der Waals surface area (Å²) in [5.41, 5.74) is 0. The second kappa shape index (κ2) is 7.14. The summed E-state index contributed by atoms with van der Waals surface area (Å²) >= 11 is 5.72. The Kier molecular flexibility index (Phi) is 5.83. The lowest BCUT2D eigenvalue weighted by atomic mass is 10.4. The van der Waals surface area contributed by atoms with E-state index in [2.05, 4.69) is 21.9 Å². The average Bonchev–Trinajstić information content (AvgIpc) is 2.35. The van der Waals surface area contributed by atoms with E-state index in [1.165, 1.54) is 12.1 Å². The first kappa shape index (κ1) is 15.5. The van der Waals surface area contributed by atoms with Crippen LogP contribution in [0.25, 0.3) is 0 Å². The molecule has 0 aliphatic heterocycles. The molecule has 0 radical (unpaired) electrons. The van der Waals surface area contributed by atoms with Crippen LogP contribution in [0, 0.1) is 11.8 Å². The largest absolute Gasteiger partial charge is 0.344 e. The minimum absolute atomic E-state index is 0.0754. The number of benzene rings is 1. The molecule has 1 amide bonds. The predicted octanol–water partition coefficient (Wildman–Crippen LogP) is 0.758. The molecule has 0 aromatic heterocycles. The van der Waals surface area contributed by atoms with Crippen LogP contribution < -0.4 is 10.0 Å². The maximum atomic E-state index is 11.8. The molecular formula is C12H13ClN2O3S. The second-order valence-corrected chi connectivity index (χ2v) is 5.69. The Balaban J connectivity index is 2.52. The van der Waals surface area contributed by atoms with Gasteiger partial charge in [-0.2, -0.15) is 0 Å². The Bertz CT molecular complexity index is 617. The van der Waals surface area contributed by atoms with Crippen molar-refractivity contribution < 1.29 is 13.2 Å². The lowest BCUT2D eigenvalue weighted by Gasteiger charge is -2.07. The second-order valence-electron chi connectivity index (χ2n) is 3.49. The molecule has 0 unspecified atom stereocenters.